The number of aromatic nitrogens is 1. The normalized spacial score (nSPS) is 14.5. The van der Waals surface area contributed by atoms with Crippen LogP contribution in [0.4, 0.5) is 38.0 Å². The van der Waals surface area contributed by atoms with Crippen LogP contribution in [0, 0.1) is 0 Å². The number of hydrogen-bond donors (Lipinski definition) is 2. The second kappa shape index (κ2) is 16.1. The summed E-state index contributed by atoms with van der Waals surface area (Å²) in [5.74, 6) is -0.690. The summed E-state index contributed by atoms with van der Waals surface area (Å²) in [6.07, 6.45) is 3.14. The monoisotopic (exact) mass is 723 g/mol. The summed E-state index contributed by atoms with van der Waals surface area (Å²) in [5.41, 5.74) is 5.61. The number of fused-ring (bicyclic) bond motifs is 2. The minimum Gasteiger partial charge on any atom is -0.445 e. The average molecular weight is 724 g/mol. The topological polar surface area (TPSA) is 137 Å². The van der Waals surface area contributed by atoms with Gasteiger partial charge in [-0.2, -0.15) is 0 Å². The lowest BCUT2D eigenvalue weighted by molar-refractivity contribution is -0.135. The van der Waals surface area contributed by atoms with Gasteiger partial charge in [0.05, 0.1) is 11.4 Å². The predicted octanol–water partition coefficient (Wildman–Crippen LogP) is 6.01. The molecule has 3 heterocycles. The molecule has 13 nitrogen and oxygen atoms in total. The molecule has 0 aliphatic carbocycles. The largest absolute Gasteiger partial charge is 0.445 e. The van der Waals surface area contributed by atoms with Crippen LogP contribution in [-0.4, -0.2) is 81.2 Å². The second-order valence-corrected chi connectivity index (χ2v) is 13.9. The Morgan fingerprint density at radius 1 is 0.808 bits per heavy atom. The van der Waals surface area contributed by atoms with E-state index < -0.39 is 18.2 Å². The Morgan fingerprint density at radius 3 is 2.02 bits per heavy atom. The maximum atomic E-state index is 13.7. The summed E-state index contributed by atoms with van der Waals surface area (Å²) in [6, 6.07) is 21.8. The van der Waals surface area contributed by atoms with Gasteiger partial charge in [0.25, 0.3) is 0 Å². The molecule has 14 heteroatoms. The molecule has 6 rings (SSSR count). The van der Waals surface area contributed by atoms with Gasteiger partial charge in [0.15, 0.2) is 0 Å². The van der Waals surface area contributed by atoms with Gasteiger partial charge in [-0.1, -0.05) is 23.9 Å². The van der Waals surface area contributed by atoms with Gasteiger partial charge in [-0.25, -0.2) is 14.5 Å². The molecule has 2 N–H and O–H groups in total. The molecule has 52 heavy (non-hydrogen) atoms. The number of rotatable bonds is 10. The van der Waals surface area contributed by atoms with Crippen LogP contribution in [0.15, 0.2) is 95.0 Å². The quantitative estimate of drug-likeness (QED) is 0.200. The van der Waals surface area contributed by atoms with Gasteiger partial charge in [-0.3, -0.25) is 14.6 Å². The first-order chi connectivity index (χ1) is 25.1. The maximum Gasteiger partial charge on any atom is 0.419 e. The van der Waals surface area contributed by atoms with Crippen molar-refractivity contribution in [1.29, 1.82) is 0 Å². The smallest absolute Gasteiger partial charge is 0.419 e. The highest BCUT2D eigenvalue weighted by Crippen LogP contribution is 2.50. The summed E-state index contributed by atoms with van der Waals surface area (Å²) in [4.78, 5) is 64.9. The average Bonchev–Trinajstić information content (AvgIpc) is 3.65. The van der Waals surface area contributed by atoms with Crippen LogP contribution in [-0.2, 0) is 32.3 Å². The molecule has 4 amide bonds. The van der Waals surface area contributed by atoms with Crippen molar-refractivity contribution in [2.45, 2.75) is 41.9 Å². The number of nitrogens with one attached hydrogen (secondary N) is 2. The van der Waals surface area contributed by atoms with Gasteiger partial charge < -0.3 is 34.8 Å². The van der Waals surface area contributed by atoms with E-state index in [0.29, 0.717) is 25.1 Å². The van der Waals surface area contributed by atoms with Gasteiger partial charge in [-0.15, -0.1) is 0 Å². The van der Waals surface area contributed by atoms with Crippen molar-refractivity contribution < 1.29 is 28.7 Å². The summed E-state index contributed by atoms with van der Waals surface area (Å²) in [6.45, 7) is 0.201. The number of hydrogen-bond acceptors (Lipinski definition) is 10. The molecule has 270 valence electrons. The summed E-state index contributed by atoms with van der Waals surface area (Å²) in [5, 5.41) is 5.35. The molecule has 0 radical (unpaired) electrons. The van der Waals surface area contributed by atoms with Crippen molar-refractivity contribution in [1.82, 2.24) is 15.2 Å². The third kappa shape index (κ3) is 8.40. The molecule has 1 aromatic heterocycles. The van der Waals surface area contributed by atoms with E-state index in [1.807, 2.05) is 62.3 Å². The van der Waals surface area contributed by atoms with E-state index in [4.69, 9.17) is 9.47 Å². The van der Waals surface area contributed by atoms with E-state index in [0.717, 1.165) is 43.7 Å². The Kier molecular flexibility index (Phi) is 11.1. The first-order valence-electron chi connectivity index (χ1n) is 16.8. The highest BCUT2D eigenvalue weighted by molar-refractivity contribution is 7.99. The summed E-state index contributed by atoms with van der Waals surface area (Å²) < 4.78 is 11.0. The first-order valence-corrected chi connectivity index (χ1v) is 17.7. The molecular weight excluding hydrogens is 683 g/mol. The van der Waals surface area contributed by atoms with Crippen LogP contribution >= 0.6 is 11.8 Å². The predicted molar refractivity (Wildman–Crippen MR) is 200 cm³/mol. The van der Waals surface area contributed by atoms with Gasteiger partial charge in [-0.05, 0) is 84.6 Å². The third-order valence-electron chi connectivity index (χ3n) is 8.77. The van der Waals surface area contributed by atoms with Crippen molar-refractivity contribution >= 4 is 64.2 Å². The molecule has 1 fully saturated rings. The molecule has 4 aromatic rings. The molecule has 0 bridgehead atoms. The molecule has 0 spiro atoms. The fraction of sp³-hybridized carbons (Fsp3) is 0.289. The number of amides is 4. The van der Waals surface area contributed by atoms with E-state index in [-0.39, 0.29) is 31.6 Å². The standard InChI is InChI=1S/C38H41N7O6S/c1-42(2)28-11-13-30-33(20-28)52-34-21-29(43(3)4)12-14-31(34)45(30)38(49)51-24-25-7-9-27(10-8-25)41-36(47)32-6-5-19-44(32)35(46)22-40-37(48)50-23-26-15-17-39-18-16-26/h7-18,20-21,32H,5-6,19,22-24H2,1-4H3,(H,40,48)(H,41,47)/t32-/m0/s1. The SMILES string of the molecule is CN(C)c1ccc2c(c1)Sc1cc(N(C)C)ccc1N2C(=O)OCc1ccc(NC(=O)[C@@H]2CCCN2C(=O)CNC(=O)OCc2ccncc2)cc1. The number of carbonyl (C=O) groups is 4. The zero-order valence-electron chi connectivity index (χ0n) is 29.5. The molecule has 1 atom stereocenters. The number of pyridine rings is 1. The molecule has 0 saturated carbocycles. The number of ether oxygens (including phenoxy) is 2. The van der Waals surface area contributed by atoms with Crippen molar-refractivity contribution in [3.05, 3.63) is 96.3 Å². The van der Waals surface area contributed by atoms with Crippen molar-refractivity contribution in [2.24, 2.45) is 0 Å². The van der Waals surface area contributed by atoms with Crippen LogP contribution in [0.1, 0.15) is 24.0 Å². The molecule has 2 aliphatic rings. The fourth-order valence-electron chi connectivity index (χ4n) is 5.93. The molecule has 0 unspecified atom stereocenters. The van der Waals surface area contributed by atoms with Gasteiger partial charge in [0, 0.05) is 74.0 Å². The molecule has 3 aromatic carbocycles. The second-order valence-electron chi connectivity index (χ2n) is 12.8. The van der Waals surface area contributed by atoms with E-state index in [2.05, 4.69) is 27.8 Å². The van der Waals surface area contributed by atoms with Crippen molar-refractivity contribution in [3.63, 3.8) is 0 Å². The van der Waals surface area contributed by atoms with Crippen molar-refractivity contribution in [3.8, 4) is 0 Å². The Bertz CT molecular complexity index is 1880. The van der Waals surface area contributed by atoms with Gasteiger partial charge in [0.2, 0.25) is 11.8 Å². The van der Waals surface area contributed by atoms with Crippen LogP contribution in [0.25, 0.3) is 0 Å². The lowest BCUT2D eigenvalue weighted by Gasteiger charge is -2.32. The highest BCUT2D eigenvalue weighted by atomic mass is 32.2. The third-order valence-corrected chi connectivity index (χ3v) is 9.86. The summed E-state index contributed by atoms with van der Waals surface area (Å²) in [7, 11) is 7.92. The van der Waals surface area contributed by atoms with Crippen LogP contribution < -0.4 is 25.3 Å². The number of likely N-dealkylation sites (tertiary alicyclic amines) is 1. The fourth-order valence-corrected chi connectivity index (χ4v) is 7.05. The zero-order chi connectivity index (χ0) is 36.8. The number of anilines is 5. The molecule has 1 saturated heterocycles. The van der Waals surface area contributed by atoms with E-state index >= 15 is 0 Å². The summed E-state index contributed by atoms with van der Waals surface area (Å²) >= 11 is 1.62. The molecular formula is C38H41N7O6S. The van der Waals surface area contributed by atoms with E-state index in [1.165, 1.54) is 4.90 Å². The van der Waals surface area contributed by atoms with Crippen LogP contribution in [0.5, 0.6) is 0 Å². The van der Waals surface area contributed by atoms with Crippen LogP contribution in [0.2, 0.25) is 0 Å². The maximum absolute atomic E-state index is 13.7. The Hall–Kier alpha value is -5.76. The lowest BCUT2D eigenvalue weighted by Crippen LogP contribution is -2.47. The zero-order valence-corrected chi connectivity index (χ0v) is 30.3. The van der Waals surface area contributed by atoms with Gasteiger partial charge in [0.1, 0.15) is 25.8 Å². The van der Waals surface area contributed by atoms with Gasteiger partial charge >= 0.3 is 12.2 Å². The number of nitrogens with zero attached hydrogens (tertiary/aromatic N) is 5. The highest BCUT2D eigenvalue weighted by Gasteiger charge is 2.34. The van der Waals surface area contributed by atoms with E-state index in [9.17, 15) is 19.2 Å². The minimum absolute atomic E-state index is 0.0236. The Morgan fingerprint density at radius 2 is 1.40 bits per heavy atom. The van der Waals surface area contributed by atoms with Crippen molar-refractivity contribution in [2.75, 3.05) is 61.3 Å². The first kappa shape index (κ1) is 36.0. The minimum atomic E-state index is -0.724. The molecule has 2 aliphatic heterocycles. The Balaban J connectivity index is 1.04. The number of carbonyl (C=O) groups excluding carboxylic acids is 4. The number of alkyl carbamates (subject to hydrolysis) is 1. The Labute approximate surface area is 306 Å². The number of benzene rings is 3. The van der Waals surface area contributed by atoms with E-state index in [1.54, 1.807) is 65.5 Å². The lowest BCUT2D eigenvalue weighted by atomic mass is 10.1. The van der Waals surface area contributed by atoms with Crippen LogP contribution in [0.3, 0.4) is 0 Å².